The largest absolute Gasteiger partial charge is 0.373 e. The number of fused-ring (bicyclic) bond motifs is 2. The van der Waals surface area contributed by atoms with Crippen molar-refractivity contribution in [2.45, 2.75) is 72.3 Å². The number of ketones is 1. The Balaban J connectivity index is 1.94. The van der Waals surface area contributed by atoms with Crippen LogP contribution in [0.1, 0.15) is 66.2 Å². The fraction of sp³-hybridized carbons (Fsp3) is 0.850. The summed E-state index contributed by atoms with van der Waals surface area (Å²) in [4.78, 5) is 11.8. The van der Waals surface area contributed by atoms with Gasteiger partial charge in [0, 0.05) is 13.5 Å². The number of hydrogen-bond acceptors (Lipinski definition) is 2. The molecule has 0 aromatic carbocycles. The van der Waals surface area contributed by atoms with E-state index < -0.39 is 0 Å². The van der Waals surface area contributed by atoms with Crippen LogP contribution in [-0.2, 0) is 9.53 Å². The number of ether oxygens (including phenoxy) is 1. The highest BCUT2D eigenvalue weighted by atomic mass is 16.5. The molecule has 0 N–H and O–H groups in total. The molecule has 2 heteroatoms. The molecule has 0 radical (unpaired) electrons. The molecule has 4 aliphatic rings. The van der Waals surface area contributed by atoms with Gasteiger partial charge in [0.25, 0.3) is 0 Å². The first-order valence-electron chi connectivity index (χ1n) is 9.05. The second kappa shape index (κ2) is 5.47. The molecule has 2 nitrogen and oxygen atoms in total. The minimum atomic E-state index is -0.256. The van der Waals surface area contributed by atoms with E-state index in [1.54, 1.807) is 14.0 Å². The summed E-state index contributed by atoms with van der Waals surface area (Å²) in [5, 5.41) is 0. The third kappa shape index (κ3) is 2.21. The molecule has 2 fully saturated rings. The van der Waals surface area contributed by atoms with E-state index >= 15 is 0 Å². The summed E-state index contributed by atoms with van der Waals surface area (Å²) in [5.41, 5.74) is 2.39. The van der Waals surface area contributed by atoms with Crippen LogP contribution in [0.4, 0.5) is 0 Å². The Morgan fingerprint density at radius 1 is 1.36 bits per heavy atom. The monoisotopic (exact) mass is 304 g/mol. The van der Waals surface area contributed by atoms with Crippen molar-refractivity contribution < 1.29 is 9.53 Å². The maximum Gasteiger partial charge on any atom is 0.158 e. The number of rotatable bonds is 4. The summed E-state index contributed by atoms with van der Waals surface area (Å²) in [5.74, 6) is 2.49. The fourth-order valence-electron chi connectivity index (χ4n) is 6.30. The van der Waals surface area contributed by atoms with Crippen LogP contribution in [0.3, 0.4) is 0 Å². The van der Waals surface area contributed by atoms with Gasteiger partial charge in [-0.05, 0) is 67.6 Å². The zero-order valence-corrected chi connectivity index (χ0v) is 14.9. The van der Waals surface area contributed by atoms with Crippen LogP contribution >= 0.6 is 0 Å². The highest BCUT2D eigenvalue weighted by Crippen LogP contribution is 2.68. The van der Waals surface area contributed by atoms with Crippen molar-refractivity contribution in [3.05, 3.63) is 11.6 Å². The summed E-state index contributed by atoms with van der Waals surface area (Å²) in [6.45, 7) is 9.11. The van der Waals surface area contributed by atoms with Gasteiger partial charge in [-0.2, -0.15) is 0 Å². The summed E-state index contributed by atoms with van der Waals surface area (Å²) < 4.78 is 5.45. The van der Waals surface area contributed by atoms with Crippen molar-refractivity contribution in [3.8, 4) is 0 Å². The lowest BCUT2D eigenvalue weighted by Crippen LogP contribution is -2.46. The molecule has 124 valence electrons. The van der Waals surface area contributed by atoms with Gasteiger partial charge in [-0.15, -0.1) is 0 Å². The zero-order valence-electron chi connectivity index (χ0n) is 14.9. The van der Waals surface area contributed by atoms with E-state index in [0.29, 0.717) is 16.7 Å². The number of carbonyl (C=O) groups is 1. The Morgan fingerprint density at radius 2 is 2.09 bits per heavy atom. The number of hydrogen-bond donors (Lipinski definition) is 0. The average Bonchev–Trinajstić information content (AvgIpc) is 2.63. The average molecular weight is 304 g/mol. The lowest BCUT2D eigenvalue weighted by molar-refractivity contribution is -0.126. The number of methoxy groups -OCH3 is 1. The number of allylic oxidation sites excluding steroid dienone is 1. The van der Waals surface area contributed by atoms with Gasteiger partial charge in [-0.1, -0.05) is 32.4 Å². The first-order valence-corrected chi connectivity index (χ1v) is 9.05. The van der Waals surface area contributed by atoms with Gasteiger partial charge in [0.05, 0.1) is 0 Å². The molecule has 0 amide bonds. The van der Waals surface area contributed by atoms with Gasteiger partial charge >= 0.3 is 0 Å². The Bertz CT molecular complexity index is 490. The Labute approximate surface area is 135 Å². The van der Waals surface area contributed by atoms with Crippen LogP contribution in [0, 0.1) is 28.6 Å². The van der Waals surface area contributed by atoms with Crippen LogP contribution in [0.25, 0.3) is 0 Å². The zero-order chi connectivity index (χ0) is 16.1. The molecule has 0 aliphatic heterocycles. The normalized spacial score (nSPS) is 40.8. The standard InChI is InChI=1S/C20H32O2/c1-13-6-7-18-19(3,4)16-9-11-20(13,18)10-8-15(16)12-17(22-5)14(2)21/h8,13,16-18H,6-7,9-12H2,1-5H3/t13-,16+,17?,18?,20?/m1/s1. The minimum absolute atomic E-state index is 0.159. The predicted molar refractivity (Wildman–Crippen MR) is 89.6 cm³/mol. The SMILES string of the molecule is COC(CC1=CCC23CC[C@@H]1C(C)(C)C2CC[C@H]3C)C(C)=O. The van der Waals surface area contributed by atoms with Crippen molar-refractivity contribution in [1.29, 1.82) is 0 Å². The number of Topliss-reactive ketones (excluding diaryl/α,β-unsaturated/α-hetero) is 1. The van der Waals surface area contributed by atoms with E-state index in [1.807, 2.05) is 0 Å². The van der Waals surface area contributed by atoms with Gasteiger partial charge in [-0.3, -0.25) is 4.79 Å². The van der Waals surface area contributed by atoms with Crippen molar-refractivity contribution in [1.82, 2.24) is 0 Å². The van der Waals surface area contributed by atoms with E-state index in [9.17, 15) is 4.79 Å². The van der Waals surface area contributed by atoms with E-state index in [0.717, 1.165) is 18.3 Å². The Hall–Kier alpha value is -0.630. The predicted octanol–water partition coefficient (Wildman–Crippen LogP) is 4.78. The number of carbonyl (C=O) groups excluding carboxylic acids is 1. The highest BCUT2D eigenvalue weighted by Gasteiger charge is 2.59. The summed E-state index contributed by atoms with van der Waals surface area (Å²) in [6, 6.07) is 0. The van der Waals surface area contributed by atoms with Crippen molar-refractivity contribution in [2.24, 2.45) is 28.6 Å². The first-order chi connectivity index (χ1) is 10.3. The smallest absolute Gasteiger partial charge is 0.158 e. The summed E-state index contributed by atoms with van der Waals surface area (Å²) in [6.07, 6.45) is 9.76. The van der Waals surface area contributed by atoms with Gasteiger partial charge in [-0.25, -0.2) is 0 Å². The fourth-order valence-corrected chi connectivity index (χ4v) is 6.30. The molecule has 0 saturated heterocycles. The molecule has 0 aromatic heterocycles. The van der Waals surface area contributed by atoms with Gasteiger partial charge in [0.15, 0.2) is 5.78 Å². The highest BCUT2D eigenvalue weighted by molar-refractivity contribution is 5.80. The summed E-state index contributed by atoms with van der Waals surface area (Å²) in [7, 11) is 1.67. The first kappa shape index (κ1) is 16.2. The molecule has 0 aromatic rings. The van der Waals surface area contributed by atoms with Crippen molar-refractivity contribution in [2.75, 3.05) is 7.11 Å². The summed E-state index contributed by atoms with van der Waals surface area (Å²) >= 11 is 0. The van der Waals surface area contributed by atoms with E-state index in [1.165, 1.54) is 37.7 Å². The van der Waals surface area contributed by atoms with Gasteiger partial charge in [0.2, 0.25) is 0 Å². The van der Waals surface area contributed by atoms with Crippen LogP contribution in [0.5, 0.6) is 0 Å². The molecule has 4 aliphatic carbocycles. The maximum absolute atomic E-state index is 11.8. The molecule has 0 heterocycles. The molecule has 1 spiro atoms. The Kier molecular flexibility index (Phi) is 4.04. The molecule has 2 bridgehead atoms. The lowest BCUT2D eigenvalue weighted by atomic mass is 9.51. The Morgan fingerprint density at radius 3 is 2.73 bits per heavy atom. The molecule has 22 heavy (non-hydrogen) atoms. The van der Waals surface area contributed by atoms with Gasteiger partial charge in [0.1, 0.15) is 6.10 Å². The quantitative estimate of drug-likeness (QED) is 0.699. The second-order valence-corrected chi connectivity index (χ2v) is 8.70. The third-order valence-electron chi connectivity index (χ3n) is 7.61. The van der Waals surface area contributed by atoms with E-state index in [-0.39, 0.29) is 11.9 Å². The maximum atomic E-state index is 11.8. The van der Waals surface area contributed by atoms with Gasteiger partial charge < -0.3 is 4.74 Å². The van der Waals surface area contributed by atoms with Crippen LogP contribution in [-0.4, -0.2) is 19.0 Å². The molecular formula is C20H32O2. The molecule has 3 unspecified atom stereocenters. The molecule has 5 atom stereocenters. The van der Waals surface area contributed by atoms with Crippen LogP contribution in [0.15, 0.2) is 11.6 Å². The topological polar surface area (TPSA) is 26.3 Å². The third-order valence-corrected chi connectivity index (χ3v) is 7.61. The van der Waals surface area contributed by atoms with E-state index in [4.69, 9.17) is 4.74 Å². The van der Waals surface area contributed by atoms with Crippen molar-refractivity contribution >= 4 is 5.78 Å². The lowest BCUT2D eigenvalue weighted by Gasteiger charge is -2.53. The molecule has 2 saturated carbocycles. The minimum Gasteiger partial charge on any atom is -0.373 e. The van der Waals surface area contributed by atoms with E-state index in [2.05, 4.69) is 26.8 Å². The molecule has 4 rings (SSSR count). The second-order valence-electron chi connectivity index (χ2n) is 8.70. The molecular weight excluding hydrogens is 272 g/mol. The van der Waals surface area contributed by atoms with Crippen LogP contribution in [0.2, 0.25) is 0 Å². The van der Waals surface area contributed by atoms with Crippen molar-refractivity contribution in [3.63, 3.8) is 0 Å². The van der Waals surface area contributed by atoms with Crippen LogP contribution < -0.4 is 0 Å².